The zero-order valence-electron chi connectivity index (χ0n) is 10.8. The number of hydrogen-bond acceptors (Lipinski definition) is 1. The summed E-state index contributed by atoms with van der Waals surface area (Å²) >= 11 is 1.40. The second-order valence-electron chi connectivity index (χ2n) is 4.38. The third kappa shape index (κ3) is 4.48. The maximum Gasteiger partial charge on any atom is 0.416 e. The van der Waals surface area contributed by atoms with Gasteiger partial charge in [0.15, 0.2) is 0 Å². The maximum atomic E-state index is 12.7. The van der Waals surface area contributed by atoms with Gasteiger partial charge in [0, 0.05) is 29.6 Å². The van der Waals surface area contributed by atoms with Crippen molar-refractivity contribution < 1.29 is 31.1 Å². The molecular formula is C12H10F6INO. The van der Waals surface area contributed by atoms with Crippen molar-refractivity contribution >= 4 is 26.5 Å². The van der Waals surface area contributed by atoms with Gasteiger partial charge in [0.05, 0.1) is 17.2 Å². The second-order valence-corrected chi connectivity index (χ2v) is 5.30. The average molecular weight is 425 g/mol. The van der Waals surface area contributed by atoms with Crippen molar-refractivity contribution in [2.24, 2.45) is 0 Å². The van der Waals surface area contributed by atoms with E-state index >= 15 is 0 Å². The van der Waals surface area contributed by atoms with Gasteiger partial charge in [-0.25, -0.2) is 0 Å². The Hall–Kier alpha value is -1.00. The second kappa shape index (κ2) is 6.01. The lowest BCUT2D eigenvalue weighted by atomic mass is 10.00. The molecule has 0 bridgehead atoms. The molecule has 118 valence electrons. The summed E-state index contributed by atoms with van der Waals surface area (Å²) in [6, 6.07) is 0.381. The van der Waals surface area contributed by atoms with Gasteiger partial charge in [0.1, 0.15) is 0 Å². The number of benzene rings is 1. The number of amides is 1. The fourth-order valence-electron chi connectivity index (χ4n) is 1.60. The molecule has 1 atom stereocenters. The first-order valence-electron chi connectivity index (χ1n) is 5.55. The molecule has 0 radical (unpaired) electrons. The third-order valence-corrected chi connectivity index (χ3v) is 3.71. The van der Waals surface area contributed by atoms with E-state index in [1.54, 1.807) is 0 Å². The Kier molecular flexibility index (Phi) is 5.17. The van der Waals surface area contributed by atoms with E-state index < -0.39 is 33.4 Å². The van der Waals surface area contributed by atoms with Crippen molar-refractivity contribution in [1.82, 2.24) is 4.90 Å². The Bertz CT molecular complexity index is 507. The van der Waals surface area contributed by atoms with Crippen molar-refractivity contribution in [3.63, 3.8) is 0 Å². The first kappa shape index (κ1) is 18.1. The van der Waals surface area contributed by atoms with Crippen LogP contribution in [0.5, 0.6) is 0 Å². The summed E-state index contributed by atoms with van der Waals surface area (Å²) in [5, 5.41) is 0. The van der Waals surface area contributed by atoms with Crippen LogP contribution >= 0.6 is 22.6 Å². The molecule has 0 aliphatic heterocycles. The van der Waals surface area contributed by atoms with Gasteiger partial charge in [0.25, 0.3) is 3.91 Å². The van der Waals surface area contributed by atoms with E-state index in [1.807, 2.05) is 0 Å². The van der Waals surface area contributed by atoms with Gasteiger partial charge in [-0.2, -0.15) is 26.3 Å². The van der Waals surface area contributed by atoms with Gasteiger partial charge in [0.2, 0.25) is 0 Å². The molecular weight excluding hydrogens is 415 g/mol. The predicted molar refractivity (Wildman–Crippen MR) is 72.0 cm³/mol. The fourth-order valence-corrected chi connectivity index (χ4v) is 2.01. The van der Waals surface area contributed by atoms with Crippen LogP contribution in [0, 0.1) is 0 Å². The quantitative estimate of drug-likeness (QED) is 0.274. The molecule has 0 fully saturated rings. The minimum absolute atomic E-state index is 0.0576. The van der Waals surface area contributed by atoms with Crippen LogP contribution in [-0.4, -0.2) is 15.9 Å². The van der Waals surface area contributed by atoms with E-state index in [4.69, 9.17) is 0 Å². The summed E-state index contributed by atoms with van der Waals surface area (Å²) in [5.41, 5.74) is -3.02. The molecule has 0 N–H and O–H groups in total. The molecule has 0 heterocycles. The molecule has 1 aromatic carbocycles. The highest BCUT2D eigenvalue weighted by atomic mass is 127. The SMILES string of the molecule is CC(c1cc(C(F)(F)F)cc(C(F)(F)F)c1)N(C)C(=O)I. The number of halogens is 7. The van der Waals surface area contributed by atoms with E-state index in [-0.39, 0.29) is 11.6 Å². The number of rotatable bonds is 2. The Morgan fingerprint density at radius 2 is 1.43 bits per heavy atom. The number of carbonyl (C=O) groups is 1. The lowest BCUT2D eigenvalue weighted by Crippen LogP contribution is -2.25. The minimum Gasteiger partial charge on any atom is -0.330 e. The number of hydrogen-bond donors (Lipinski definition) is 0. The van der Waals surface area contributed by atoms with E-state index in [9.17, 15) is 31.1 Å². The normalized spacial score (nSPS) is 14.0. The molecule has 0 saturated carbocycles. The van der Waals surface area contributed by atoms with Crippen LogP contribution in [0.1, 0.15) is 29.7 Å². The summed E-state index contributed by atoms with van der Waals surface area (Å²) in [6.07, 6.45) is -9.80. The van der Waals surface area contributed by atoms with E-state index in [0.29, 0.717) is 12.1 Å². The largest absolute Gasteiger partial charge is 0.416 e. The van der Waals surface area contributed by atoms with Crippen molar-refractivity contribution in [1.29, 1.82) is 0 Å². The molecule has 1 unspecified atom stereocenters. The van der Waals surface area contributed by atoms with Crippen LogP contribution in [0.2, 0.25) is 0 Å². The van der Waals surface area contributed by atoms with Crippen molar-refractivity contribution in [3.8, 4) is 0 Å². The Morgan fingerprint density at radius 1 is 1.05 bits per heavy atom. The van der Waals surface area contributed by atoms with Gasteiger partial charge in [-0.15, -0.1) is 0 Å². The lowest BCUT2D eigenvalue weighted by molar-refractivity contribution is -0.143. The topological polar surface area (TPSA) is 20.3 Å². The Balaban J connectivity index is 3.42. The van der Waals surface area contributed by atoms with Crippen LogP contribution < -0.4 is 0 Å². The number of alkyl halides is 6. The summed E-state index contributed by atoms with van der Waals surface area (Å²) in [6.45, 7) is 1.35. The zero-order chi connectivity index (χ0) is 16.6. The molecule has 21 heavy (non-hydrogen) atoms. The van der Waals surface area contributed by atoms with E-state index in [2.05, 4.69) is 0 Å². The first-order valence-corrected chi connectivity index (χ1v) is 6.63. The molecule has 1 amide bonds. The highest BCUT2D eigenvalue weighted by Gasteiger charge is 2.37. The van der Waals surface area contributed by atoms with Crippen molar-refractivity contribution in [2.45, 2.75) is 25.3 Å². The molecule has 0 spiro atoms. The summed E-state index contributed by atoms with van der Waals surface area (Å²) in [5.74, 6) is 0. The van der Waals surface area contributed by atoms with Gasteiger partial charge in [-0.05, 0) is 30.7 Å². The van der Waals surface area contributed by atoms with E-state index in [0.717, 1.165) is 4.90 Å². The van der Waals surface area contributed by atoms with Gasteiger partial charge in [-0.1, -0.05) is 0 Å². The van der Waals surface area contributed by atoms with Crippen LogP contribution in [0.25, 0.3) is 0 Å². The van der Waals surface area contributed by atoms with Crippen molar-refractivity contribution in [3.05, 3.63) is 34.9 Å². The third-order valence-electron chi connectivity index (χ3n) is 2.95. The zero-order valence-corrected chi connectivity index (χ0v) is 13.0. The molecule has 2 nitrogen and oxygen atoms in total. The molecule has 0 aliphatic rings. The summed E-state index contributed by atoms with van der Waals surface area (Å²) in [7, 11) is 1.30. The van der Waals surface area contributed by atoms with Crippen LogP contribution in [0.15, 0.2) is 18.2 Å². The molecule has 0 saturated heterocycles. The molecule has 0 aliphatic carbocycles. The first-order chi connectivity index (χ1) is 9.34. The maximum absolute atomic E-state index is 12.7. The van der Waals surface area contributed by atoms with E-state index in [1.165, 1.54) is 36.6 Å². The summed E-state index contributed by atoms with van der Waals surface area (Å²) in [4.78, 5) is 12.2. The lowest BCUT2D eigenvalue weighted by Gasteiger charge is -2.24. The van der Waals surface area contributed by atoms with Gasteiger partial charge < -0.3 is 4.90 Å². The Morgan fingerprint density at radius 3 is 1.71 bits per heavy atom. The molecule has 9 heteroatoms. The molecule has 0 aromatic heterocycles. The molecule has 1 aromatic rings. The van der Waals surface area contributed by atoms with Crippen LogP contribution in [-0.2, 0) is 12.4 Å². The predicted octanol–water partition coefficient (Wildman–Crippen LogP) is 5.27. The minimum atomic E-state index is -4.90. The highest BCUT2D eigenvalue weighted by molar-refractivity contribution is 14.1. The standard InChI is InChI=1S/C12H10F6INO/c1-6(20(2)10(19)21)7-3-8(11(13,14)15)5-9(4-7)12(16,17)18/h3-6H,1-2H3. The fraction of sp³-hybridized carbons (Fsp3) is 0.417. The monoisotopic (exact) mass is 425 g/mol. The van der Waals surface area contributed by atoms with Gasteiger partial charge >= 0.3 is 12.4 Å². The number of carbonyl (C=O) groups excluding carboxylic acids is 1. The van der Waals surface area contributed by atoms with Crippen LogP contribution in [0.4, 0.5) is 31.1 Å². The van der Waals surface area contributed by atoms with Crippen molar-refractivity contribution in [2.75, 3.05) is 7.05 Å². The highest BCUT2D eigenvalue weighted by Crippen LogP contribution is 2.38. The number of nitrogens with zero attached hydrogens (tertiary/aromatic N) is 1. The van der Waals surface area contributed by atoms with Crippen LogP contribution in [0.3, 0.4) is 0 Å². The smallest absolute Gasteiger partial charge is 0.330 e. The summed E-state index contributed by atoms with van der Waals surface area (Å²) < 4.78 is 75.8. The average Bonchev–Trinajstić information content (AvgIpc) is 2.34. The van der Waals surface area contributed by atoms with Gasteiger partial charge in [-0.3, -0.25) is 4.79 Å². The Labute approximate surface area is 130 Å². The molecule has 1 rings (SSSR count).